The second-order valence-corrected chi connectivity index (χ2v) is 6.07. The minimum atomic E-state index is -3.59. The van der Waals surface area contributed by atoms with Gasteiger partial charge in [0.05, 0.1) is 4.90 Å². The largest absolute Gasteiger partial charge is 0.409 e. The van der Waals surface area contributed by atoms with E-state index in [0.717, 1.165) is 5.56 Å². The molecule has 2 rings (SSSR count). The van der Waals surface area contributed by atoms with Crippen molar-refractivity contribution in [2.45, 2.75) is 11.3 Å². The highest BCUT2D eigenvalue weighted by atomic mass is 32.2. The molecule has 0 unspecified atom stereocenters. The van der Waals surface area contributed by atoms with Crippen LogP contribution in [-0.4, -0.2) is 19.5 Å². The van der Waals surface area contributed by atoms with Gasteiger partial charge >= 0.3 is 0 Å². The molecule has 0 aliphatic heterocycles. The van der Waals surface area contributed by atoms with Crippen LogP contribution in [0.15, 0.2) is 64.6 Å². The van der Waals surface area contributed by atoms with Gasteiger partial charge in [0.1, 0.15) is 5.84 Å². The number of rotatable bonds is 5. The third-order valence-electron chi connectivity index (χ3n) is 2.77. The maximum Gasteiger partial charge on any atom is 0.261 e. The van der Waals surface area contributed by atoms with Crippen molar-refractivity contribution in [2.75, 3.05) is 4.72 Å². The first-order chi connectivity index (χ1) is 10.0. The molecule has 0 fully saturated rings. The van der Waals surface area contributed by atoms with E-state index >= 15 is 0 Å². The predicted octanol–water partition coefficient (Wildman–Crippen LogP) is 1.78. The summed E-state index contributed by atoms with van der Waals surface area (Å²) in [5.74, 6) is 0.0904. The van der Waals surface area contributed by atoms with Crippen molar-refractivity contribution in [1.82, 2.24) is 0 Å². The Kier molecular flexibility index (Phi) is 4.44. The van der Waals surface area contributed by atoms with Gasteiger partial charge in [-0.05, 0) is 29.8 Å². The van der Waals surface area contributed by atoms with E-state index in [1.165, 1.54) is 12.1 Å². The number of hydrogen-bond donors (Lipinski definition) is 3. The van der Waals surface area contributed by atoms with Gasteiger partial charge in [0.15, 0.2) is 0 Å². The molecule has 0 bridgehead atoms. The minimum Gasteiger partial charge on any atom is -0.409 e. The molecule has 0 aliphatic rings. The highest BCUT2D eigenvalue weighted by Gasteiger charge is 2.13. The fourth-order valence-electron chi connectivity index (χ4n) is 1.75. The number of benzene rings is 2. The summed E-state index contributed by atoms with van der Waals surface area (Å²) in [6, 6.07) is 14.8. The highest BCUT2D eigenvalue weighted by Crippen LogP contribution is 2.16. The molecule has 0 aliphatic carbocycles. The molecule has 0 saturated carbocycles. The molecule has 21 heavy (non-hydrogen) atoms. The van der Waals surface area contributed by atoms with Crippen LogP contribution in [-0.2, 0) is 16.4 Å². The summed E-state index contributed by atoms with van der Waals surface area (Å²) in [6.07, 6.45) is 0.294. The lowest BCUT2D eigenvalue weighted by Crippen LogP contribution is -2.15. The molecule has 4 N–H and O–H groups in total. The third kappa shape index (κ3) is 3.96. The quantitative estimate of drug-likeness (QED) is 0.339. The van der Waals surface area contributed by atoms with Crippen LogP contribution in [0.3, 0.4) is 0 Å². The fraction of sp³-hybridized carbons (Fsp3) is 0.0714. The van der Waals surface area contributed by atoms with Crippen LogP contribution in [0.25, 0.3) is 0 Å². The first-order valence-corrected chi connectivity index (χ1v) is 7.63. The van der Waals surface area contributed by atoms with Gasteiger partial charge in [-0.3, -0.25) is 4.72 Å². The van der Waals surface area contributed by atoms with E-state index in [4.69, 9.17) is 10.9 Å². The van der Waals surface area contributed by atoms with Crippen molar-refractivity contribution in [2.24, 2.45) is 10.9 Å². The molecule has 0 aromatic heterocycles. The van der Waals surface area contributed by atoms with E-state index in [1.54, 1.807) is 42.5 Å². The van der Waals surface area contributed by atoms with Gasteiger partial charge in [-0.25, -0.2) is 8.42 Å². The zero-order valence-corrected chi connectivity index (χ0v) is 11.9. The number of anilines is 1. The van der Waals surface area contributed by atoms with Gasteiger partial charge in [0.2, 0.25) is 0 Å². The number of nitrogens with two attached hydrogens (primary N) is 1. The molecular weight excluding hydrogens is 290 g/mol. The van der Waals surface area contributed by atoms with Gasteiger partial charge < -0.3 is 10.9 Å². The van der Waals surface area contributed by atoms with Crippen LogP contribution in [0.2, 0.25) is 0 Å². The monoisotopic (exact) mass is 305 g/mol. The van der Waals surface area contributed by atoms with Crippen LogP contribution < -0.4 is 10.5 Å². The lowest BCUT2D eigenvalue weighted by Gasteiger charge is -2.08. The molecule has 2 aromatic carbocycles. The van der Waals surface area contributed by atoms with Crippen LogP contribution >= 0.6 is 0 Å². The van der Waals surface area contributed by atoms with E-state index in [1.807, 2.05) is 0 Å². The van der Waals surface area contributed by atoms with Crippen molar-refractivity contribution < 1.29 is 13.6 Å². The average Bonchev–Trinajstić information content (AvgIpc) is 2.50. The molecule has 110 valence electrons. The summed E-state index contributed by atoms with van der Waals surface area (Å²) < 4.78 is 26.7. The van der Waals surface area contributed by atoms with Gasteiger partial charge in [-0.1, -0.05) is 35.5 Å². The molecule has 6 nitrogen and oxygen atoms in total. The van der Waals surface area contributed by atoms with Crippen LogP contribution in [0, 0.1) is 0 Å². The second kappa shape index (κ2) is 6.27. The number of nitrogens with one attached hydrogen (secondary N) is 1. The molecule has 0 radical (unpaired) electrons. The number of sulfonamides is 1. The van der Waals surface area contributed by atoms with Gasteiger partial charge in [-0.2, -0.15) is 0 Å². The summed E-state index contributed by atoms with van der Waals surface area (Å²) in [5.41, 5.74) is 6.67. The highest BCUT2D eigenvalue weighted by molar-refractivity contribution is 7.92. The smallest absolute Gasteiger partial charge is 0.261 e. The number of amidine groups is 1. The van der Waals surface area contributed by atoms with Gasteiger partial charge in [0, 0.05) is 12.1 Å². The second-order valence-electron chi connectivity index (χ2n) is 4.38. The zero-order chi connectivity index (χ0) is 15.3. The number of hydrogen-bond acceptors (Lipinski definition) is 4. The van der Waals surface area contributed by atoms with E-state index < -0.39 is 10.0 Å². The first-order valence-electron chi connectivity index (χ1n) is 6.14. The maximum absolute atomic E-state index is 12.1. The molecule has 0 spiro atoms. The number of oxime groups is 1. The Balaban J connectivity index is 2.14. The van der Waals surface area contributed by atoms with Crippen molar-refractivity contribution in [3.63, 3.8) is 0 Å². The van der Waals surface area contributed by atoms with Crippen molar-refractivity contribution in [3.8, 4) is 0 Å². The first kappa shape index (κ1) is 14.9. The zero-order valence-electron chi connectivity index (χ0n) is 11.1. The molecular formula is C14H15N3O3S. The SMILES string of the molecule is NC(Cc1ccc(NS(=O)(=O)c2ccccc2)cc1)=NO. The molecule has 7 heteroatoms. The third-order valence-corrected chi connectivity index (χ3v) is 4.17. The Labute approximate surface area is 123 Å². The Morgan fingerprint density at radius 1 is 1.10 bits per heavy atom. The molecule has 0 amide bonds. The van der Waals surface area contributed by atoms with E-state index in [-0.39, 0.29) is 10.7 Å². The Morgan fingerprint density at radius 3 is 2.29 bits per heavy atom. The number of nitrogens with zero attached hydrogens (tertiary/aromatic N) is 1. The average molecular weight is 305 g/mol. The summed E-state index contributed by atoms with van der Waals surface area (Å²) >= 11 is 0. The summed E-state index contributed by atoms with van der Waals surface area (Å²) in [7, 11) is -3.59. The minimum absolute atomic E-state index is 0.0904. The molecule has 2 aromatic rings. The van der Waals surface area contributed by atoms with Crippen molar-refractivity contribution >= 4 is 21.5 Å². The summed E-state index contributed by atoms with van der Waals surface area (Å²) in [6.45, 7) is 0. The van der Waals surface area contributed by atoms with Crippen LogP contribution in [0.1, 0.15) is 5.56 Å². The normalized spacial score (nSPS) is 12.1. The van der Waals surface area contributed by atoms with E-state index in [0.29, 0.717) is 12.1 Å². The topological polar surface area (TPSA) is 105 Å². The van der Waals surface area contributed by atoms with Crippen LogP contribution in [0.4, 0.5) is 5.69 Å². The van der Waals surface area contributed by atoms with Gasteiger partial charge in [0.25, 0.3) is 10.0 Å². The van der Waals surface area contributed by atoms with E-state index in [9.17, 15) is 8.42 Å². The Bertz CT molecular complexity index is 726. The molecule has 0 heterocycles. The maximum atomic E-state index is 12.1. The Hall–Kier alpha value is -2.54. The van der Waals surface area contributed by atoms with Crippen molar-refractivity contribution in [1.29, 1.82) is 0 Å². The predicted molar refractivity (Wildman–Crippen MR) is 80.8 cm³/mol. The van der Waals surface area contributed by atoms with Gasteiger partial charge in [-0.15, -0.1) is 0 Å². The summed E-state index contributed by atoms with van der Waals surface area (Å²) in [5, 5.41) is 11.4. The lowest BCUT2D eigenvalue weighted by molar-refractivity contribution is 0.317. The lowest BCUT2D eigenvalue weighted by atomic mass is 10.1. The standard InChI is InChI=1S/C14H15N3O3S/c15-14(16-18)10-11-6-8-12(9-7-11)17-21(19,20)13-4-2-1-3-5-13/h1-9,17-18H,10H2,(H2,15,16). The molecule has 0 atom stereocenters. The molecule has 0 saturated heterocycles. The fourth-order valence-corrected chi connectivity index (χ4v) is 2.83. The summed E-state index contributed by atoms with van der Waals surface area (Å²) in [4.78, 5) is 0.200. The van der Waals surface area contributed by atoms with Crippen molar-refractivity contribution in [3.05, 3.63) is 60.2 Å². The van der Waals surface area contributed by atoms with E-state index in [2.05, 4.69) is 9.88 Å². The van der Waals surface area contributed by atoms with Crippen LogP contribution in [0.5, 0.6) is 0 Å². The Morgan fingerprint density at radius 2 is 1.71 bits per heavy atom.